The average molecular weight is 590 g/mol. The average Bonchev–Trinajstić information content (AvgIpc) is 3.39. The van der Waals surface area contributed by atoms with Crippen molar-refractivity contribution in [3.8, 4) is 16.9 Å². The Morgan fingerprint density at radius 2 is 1.73 bits per heavy atom. The highest BCUT2D eigenvalue weighted by molar-refractivity contribution is 8.45. The van der Waals surface area contributed by atoms with Crippen LogP contribution in [0.1, 0.15) is 35.7 Å². The summed E-state index contributed by atoms with van der Waals surface area (Å²) in [6.07, 6.45) is 1.93. The zero-order valence-corrected chi connectivity index (χ0v) is 21.9. The number of carbonyl (C=O) groups is 2. The molecule has 7 nitrogen and oxygen atoms in total. The third-order valence-electron chi connectivity index (χ3n) is 6.18. The Kier molecular flexibility index (Phi) is 7.20. The zero-order chi connectivity index (χ0) is 29.4. The van der Waals surface area contributed by atoms with Crippen molar-refractivity contribution >= 4 is 27.7 Å². The number of pyridine rings is 1. The highest BCUT2D eigenvalue weighted by atomic mass is 32.5. The van der Waals surface area contributed by atoms with E-state index < -0.39 is 56.0 Å². The predicted molar refractivity (Wildman–Crippen MR) is 139 cm³/mol. The summed E-state index contributed by atoms with van der Waals surface area (Å²) in [5.74, 6) is -2.50. The number of H-pyrrole nitrogens is 1. The molecule has 1 aliphatic heterocycles. The smallest absolute Gasteiger partial charge is 0.310 e. The summed E-state index contributed by atoms with van der Waals surface area (Å²) < 4.78 is 88.6. The number of nitrogens with zero attached hydrogens (tertiary/aromatic N) is 1. The minimum atomic E-state index is -10.2. The lowest BCUT2D eigenvalue weighted by Gasteiger charge is -2.41. The maximum atomic E-state index is 14.9. The summed E-state index contributed by atoms with van der Waals surface area (Å²) in [6, 6.07) is 6.02. The van der Waals surface area contributed by atoms with E-state index in [1.165, 1.54) is 29.3 Å². The molecule has 0 atom stereocenters. The van der Waals surface area contributed by atoms with E-state index in [-0.39, 0.29) is 43.1 Å². The molecule has 216 valence electrons. The molecule has 1 fully saturated rings. The topological polar surface area (TPSA) is 91.5 Å². The van der Waals surface area contributed by atoms with Crippen molar-refractivity contribution in [2.45, 2.75) is 31.1 Å². The van der Waals surface area contributed by atoms with Crippen LogP contribution in [0.3, 0.4) is 0 Å². The second-order valence-corrected chi connectivity index (χ2v) is 11.7. The summed E-state index contributed by atoms with van der Waals surface area (Å²) in [6.45, 7) is 2.47. The summed E-state index contributed by atoms with van der Waals surface area (Å²) >= 11 is 0. The minimum Gasteiger partial charge on any atom is -0.493 e. The number of aromatic nitrogens is 1. The molecule has 2 N–H and O–H groups in total. The Labute approximate surface area is 224 Å². The molecule has 0 saturated carbocycles. The Morgan fingerprint density at radius 3 is 2.35 bits per heavy atom. The van der Waals surface area contributed by atoms with Crippen LogP contribution in [-0.4, -0.2) is 41.4 Å². The van der Waals surface area contributed by atoms with Gasteiger partial charge in [0.2, 0.25) is 5.91 Å². The highest BCUT2D eigenvalue weighted by Crippen LogP contribution is 3.02. The molecular weight excluding hydrogens is 564 g/mol. The van der Waals surface area contributed by atoms with Gasteiger partial charge in [-0.1, -0.05) is 31.6 Å². The number of nitrogens with one attached hydrogen (secondary N) is 2. The van der Waals surface area contributed by atoms with Crippen LogP contribution in [0.5, 0.6) is 5.75 Å². The van der Waals surface area contributed by atoms with Gasteiger partial charge in [-0.25, -0.2) is 4.39 Å². The Bertz CT molecular complexity index is 1540. The van der Waals surface area contributed by atoms with E-state index >= 15 is 0 Å². The van der Waals surface area contributed by atoms with E-state index in [9.17, 15) is 38.2 Å². The fraction of sp³-hybridized carbons (Fsp3) is 0.269. The fourth-order valence-electron chi connectivity index (χ4n) is 4.31. The van der Waals surface area contributed by atoms with E-state index in [1.54, 1.807) is 6.92 Å². The Hall–Kier alpha value is -3.94. The SMILES string of the molecule is CCOc1cc(=O)[nH]cc1-c1ccc(CC(=O)Nc2cc(C(=O)N3CCCC3)cc(S(F)(F)(F)(F)F)c2)c(F)c1. The number of aromatic amines is 1. The molecule has 0 spiro atoms. The fourth-order valence-corrected chi connectivity index (χ4v) is 5.01. The first-order valence-electron chi connectivity index (χ1n) is 12.2. The molecule has 4 rings (SSSR count). The molecule has 14 heteroatoms. The van der Waals surface area contributed by atoms with Gasteiger partial charge in [0, 0.05) is 42.2 Å². The second kappa shape index (κ2) is 9.91. The lowest BCUT2D eigenvalue weighted by atomic mass is 10.0. The molecule has 2 aromatic carbocycles. The number of benzene rings is 2. The number of hydrogen-bond acceptors (Lipinski definition) is 4. The van der Waals surface area contributed by atoms with E-state index in [1.807, 2.05) is 0 Å². The van der Waals surface area contributed by atoms with E-state index in [0.717, 1.165) is 12.1 Å². The predicted octanol–water partition coefficient (Wildman–Crippen LogP) is 6.65. The van der Waals surface area contributed by atoms with Crippen LogP contribution < -0.4 is 15.6 Å². The lowest BCUT2D eigenvalue weighted by molar-refractivity contribution is -0.115. The number of amides is 2. The Balaban J connectivity index is 1.59. The molecule has 0 bridgehead atoms. The molecule has 1 aliphatic rings. The number of rotatable bonds is 8. The number of carbonyl (C=O) groups excluding carboxylic acids is 2. The first kappa shape index (κ1) is 29.1. The van der Waals surface area contributed by atoms with E-state index in [4.69, 9.17) is 4.74 Å². The lowest BCUT2D eigenvalue weighted by Crippen LogP contribution is -2.28. The first-order chi connectivity index (χ1) is 18.5. The monoisotopic (exact) mass is 589 g/mol. The van der Waals surface area contributed by atoms with E-state index in [0.29, 0.717) is 24.0 Å². The van der Waals surface area contributed by atoms with Gasteiger partial charge in [0.25, 0.3) is 11.5 Å². The summed E-state index contributed by atoms with van der Waals surface area (Å²) in [5, 5.41) is 2.08. The zero-order valence-electron chi connectivity index (χ0n) is 21.1. The Morgan fingerprint density at radius 1 is 1.02 bits per heavy atom. The van der Waals surface area contributed by atoms with E-state index in [2.05, 4.69) is 10.3 Å². The summed E-state index contributed by atoms with van der Waals surface area (Å²) in [5.41, 5.74) is -1.20. The van der Waals surface area contributed by atoms with Crippen LogP contribution in [0.25, 0.3) is 11.1 Å². The van der Waals surface area contributed by atoms with Gasteiger partial charge in [-0.2, -0.15) is 0 Å². The van der Waals surface area contributed by atoms with Gasteiger partial charge < -0.3 is 19.9 Å². The maximum absolute atomic E-state index is 14.9. The quantitative estimate of drug-likeness (QED) is 0.288. The maximum Gasteiger partial charge on any atom is 0.310 e. The largest absolute Gasteiger partial charge is 0.493 e. The molecule has 2 amide bonds. The van der Waals surface area contributed by atoms with Gasteiger partial charge in [0.1, 0.15) is 16.5 Å². The van der Waals surface area contributed by atoms with Crippen LogP contribution >= 0.6 is 10.2 Å². The number of halogens is 6. The third kappa shape index (κ3) is 6.79. The molecule has 1 aromatic heterocycles. The molecule has 0 unspecified atom stereocenters. The molecule has 2 heterocycles. The standard InChI is InChI=1S/C26H25F6N3O4S/c1-2-39-23-14-24(36)33-15-21(23)16-5-6-17(22(27)11-16)12-25(37)34-19-9-18(26(38)35-7-3-4-8-35)10-20(13-19)40(28,29,30,31)32/h5-6,9-11,13-15H,2-4,7-8,12H2,1H3,(H,33,36)(H,34,37). The van der Waals surface area contributed by atoms with Crippen molar-refractivity contribution in [3.63, 3.8) is 0 Å². The summed E-state index contributed by atoms with van der Waals surface area (Å²) in [4.78, 5) is 38.3. The van der Waals surface area contributed by atoms with Gasteiger partial charge in [-0.3, -0.25) is 14.4 Å². The van der Waals surface area contributed by atoms with Crippen LogP contribution in [0.15, 0.2) is 58.4 Å². The van der Waals surface area contributed by atoms with Gasteiger partial charge in [0.05, 0.1) is 13.0 Å². The van der Waals surface area contributed by atoms with Crippen molar-refractivity contribution < 1.29 is 38.1 Å². The van der Waals surface area contributed by atoms with Crippen LogP contribution in [0.2, 0.25) is 0 Å². The molecular formula is C26H25F6N3O4S. The van der Waals surface area contributed by atoms with Crippen molar-refractivity contribution in [2.24, 2.45) is 0 Å². The molecule has 3 aromatic rings. The molecule has 40 heavy (non-hydrogen) atoms. The van der Waals surface area contributed by atoms with Gasteiger partial charge in [-0.15, -0.1) is 0 Å². The van der Waals surface area contributed by atoms with Crippen molar-refractivity contribution in [1.82, 2.24) is 9.88 Å². The number of hydrogen-bond donors (Lipinski definition) is 2. The van der Waals surface area contributed by atoms with Crippen LogP contribution in [0.4, 0.5) is 29.5 Å². The summed E-state index contributed by atoms with van der Waals surface area (Å²) in [7, 11) is -10.2. The minimum absolute atomic E-state index is 0.0606. The van der Waals surface area contributed by atoms with Gasteiger partial charge in [0.15, 0.2) is 0 Å². The highest BCUT2D eigenvalue weighted by Gasteiger charge is 2.65. The van der Waals surface area contributed by atoms with Gasteiger partial charge in [-0.05, 0) is 55.2 Å². The first-order valence-corrected chi connectivity index (χ1v) is 14.1. The van der Waals surface area contributed by atoms with Crippen molar-refractivity contribution in [2.75, 3.05) is 25.0 Å². The van der Waals surface area contributed by atoms with Crippen molar-refractivity contribution in [3.05, 3.63) is 76.0 Å². The van der Waals surface area contributed by atoms with Gasteiger partial charge >= 0.3 is 10.2 Å². The molecule has 1 saturated heterocycles. The normalized spacial score (nSPS) is 15.3. The number of ether oxygens (including phenoxy) is 1. The third-order valence-corrected chi connectivity index (χ3v) is 7.30. The molecule has 0 radical (unpaired) electrons. The van der Waals surface area contributed by atoms with Crippen molar-refractivity contribution in [1.29, 1.82) is 0 Å². The molecule has 0 aliphatic carbocycles. The van der Waals surface area contributed by atoms with Crippen LogP contribution in [-0.2, 0) is 11.2 Å². The second-order valence-electron chi connectivity index (χ2n) is 9.25. The number of likely N-dealkylation sites (tertiary alicyclic amines) is 1. The van der Waals surface area contributed by atoms with Crippen LogP contribution in [0, 0.1) is 5.82 Å². The number of anilines is 1.